The zero-order chi connectivity index (χ0) is 22.3. The van der Waals surface area contributed by atoms with Crippen molar-refractivity contribution in [3.05, 3.63) is 55.1 Å². The Morgan fingerprint density at radius 2 is 2.03 bits per heavy atom. The van der Waals surface area contributed by atoms with E-state index in [0.717, 1.165) is 0 Å². The molecule has 0 aliphatic rings. The lowest BCUT2D eigenvalue weighted by atomic mass is 10.3. The number of fused-ring (bicyclic) bond motifs is 1. The van der Waals surface area contributed by atoms with Crippen LogP contribution in [0.5, 0.6) is 5.75 Å². The number of anilines is 1. The summed E-state index contributed by atoms with van der Waals surface area (Å²) in [7, 11) is -2.63. The summed E-state index contributed by atoms with van der Waals surface area (Å²) in [5.74, 6) is 0.0478. The Hall–Kier alpha value is -3.27. The first kappa shape index (κ1) is 22.4. The van der Waals surface area contributed by atoms with Crippen LogP contribution < -0.4 is 15.3 Å². The lowest BCUT2D eigenvalue weighted by molar-refractivity contribution is -0.142. The van der Waals surface area contributed by atoms with Crippen molar-refractivity contribution in [3.8, 4) is 5.75 Å². The molecule has 2 aromatic heterocycles. The second-order valence-electron chi connectivity index (χ2n) is 6.37. The lowest BCUT2D eigenvalue weighted by Gasteiger charge is -2.21. The number of esters is 1. The van der Waals surface area contributed by atoms with Gasteiger partial charge in [-0.1, -0.05) is 30.4 Å². The van der Waals surface area contributed by atoms with Crippen molar-refractivity contribution in [3.63, 3.8) is 0 Å². The van der Waals surface area contributed by atoms with Crippen molar-refractivity contribution < 1.29 is 23.1 Å². The average molecular weight is 446 g/mol. The lowest BCUT2D eigenvalue weighted by Crippen LogP contribution is -2.34. The monoisotopic (exact) mass is 446 g/mol. The summed E-state index contributed by atoms with van der Waals surface area (Å²) in [5.41, 5.74) is 6.90. The van der Waals surface area contributed by atoms with E-state index in [9.17, 15) is 9.36 Å². The van der Waals surface area contributed by atoms with Crippen molar-refractivity contribution >= 4 is 30.7 Å². The van der Waals surface area contributed by atoms with Crippen LogP contribution in [0.25, 0.3) is 11.2 Å². The molecule has 0 saturated carbocycles. The van der Waals surface area contributed by atoms with Crippen molar-refractivity contribution in [2.75, 3.05) is 19.5 Å². The van der Waals surface area contributed by atoms with Gasteiger partial charge in [0.25, 0.3) is 0 Å². The third kappa shape index (κ3) is 5.88. The van der Waals surface area contributed by atoms with Crippen LogP contribution >= 0.6 is 7.75 Å². The number of rotatable bonds is 10. The van der Waals surface area contributed by atoms with E-state index in [1.807, 2.05) is 0 Å². The molecule has 0 fully saturated rings. The number of carbonyl (C=O) groups is 1. The number of ether oxygens (including phenoxy) is 1. The Kier molecular flexibility index (Phi) is 7.35. The first-order valence-corrected chi connectivity index (χ1v) is 10.9. The predicted octanol–water partition coefficient (Wildman–Crippen LogP) is 2.32. The zero-order valence-electron chi connectivity index (χ0n) is 17.0. The molecule has 12 heteroatoms. The second-order valence-corrected chi connectivity index (χ2v) is 8.06. The maximum absolute atomic E-state index is 13.2. The molecule has 164 valence electrons. The van der Waals surface area contributed by atoms with Crippen LogP contribution in [0.4, 0.5) is 5.82 Å². The van der Waals surface area contributed by atoms with Gasteiger partial charge >= 0.3 is 13.7 Å². The summed E-state index contributed by atoms with van der Waals surface area (Å²) in [5, 5.41) is 2.58. The standard InChI is InChI=1S/C19H23N6O5P/c1-14(19(26)28-2)24-31(27,30-15-8-4-3-5-9-15)29-11-7-6-10-25-13-23-16-17(20)21-12-22-18(16)25/h3-9,12-14H,10-11H2,1-2H3,(H,24,27)(H2,20,21,22)/b7-6-. The largest absolute Gasteiger partial charge is 0.468 e. The van der Waals surface area contributed by atoms with Crippen molar-refractivity contribution in [1.82, 2.24) is 24.6 Å². The highest BCUT2D eigenvalue weighted by molar-refractivity contribution is 7.52. The molecule has 2 unspecified atom stereocenters. The first-order chi connectivity index (χ1) is 14.9. The second kappa shape index (κ2) is 10.2. The zero-order valence-corrected chi connectivity index (χ0v) is 17.9. The molecule has 3 N–H and O–H groups in total. The summed E-state index contributed by atoms with van der Waals surface area (Å²) < 4.78 is 30.6. The highest BCUT2D eigenvalue weighted by atomic mass is 31.2. The topological polar surface area (TPSA) is 143 Å². The van der Waals surface area contributed by atoms with Crippen molar-refractivity contribution in [2.24, 2.45) is 0 Å². The Balaban J connectivity index is 1.64. The molecule has 0 aliphatic heterocycles. The van der Waals surface area contributed by atoms with Crippen LogP contribution in [0.2, 0.25) is 0 Å². The number of nitrogens with one attached hydrogen (secondary N) is 1. The van der Waals surface area contributed by atoms with Gasteiger partial charge in [-0.25, -0.2) is 19.5 Å². The quantitative estimate of drug-likeness (QED) is 0.270. The number of para-hydroxylation sites is 1. The first-order valence-electron chi connectivity index (χ1n) is 9.33. The van der Waals surface area contributed by atoms with Gasteiger partial charge < -0.3 is 19.6 Å². The Morgan fingerprint density at radius 3 is 2.77 bits per heavy atom. The third-order valence-electron chi connectivity index (χ3n) is 4.11. The van der Waals surface area contributed by atoms with Crippen LogP contribution in [0, 0.1) is 0 Å². The van der Waals surface area contributed by atoms with Crippen LogP contribution in [0.3, 0.4) is 0 Å². The van der Waals surface area contributed by atoms with Gasteiger partial charge in [0, 0.05) is 6.54 Å². The van der Waals surface area contributed by atoms with Gasteiger partial charge in [0.05, 0.1) is 20.0 Å². The number of hydrogen-bond donors (Lipinski definition) is 2. The number of imidazole rings is 1. The number of hydrogen-bond acceptors (Lipinski definition) is 9. The molecule has 0 radical (unpaired) electrons. The third-order valence-corrected chi connectivity index (χ3v) is 5.76. The summed E-state index contributed by atoms with van der Waals surface area (Å²) in [4.78, 5) is 24.0. The predicted molar refractivity (Wildman–Crippen MR) is 114 cm³/mol. The van der Waals surface area contributed by atoms with Crippen molar-refractivity contribution in [1.29, 1.82) is 0 Å². The smallest absolute Gasteiger partial charge is 0.459 e. The fraction of sp³-hybridized carbons (Fsp3) is 0.263. The molecule has 0 bridgehead atoms. The van der Waals surface area contributed by atoms with Gasteiger partial charge in [-0.15, -0.1) is 0 Å². The number of carbonyl (C=O) groups excluding carboxylic acids is 1. The fourth-order valence-electron chi connectivity index (χ4n) is 2.61. The molecule has 2 heterocycles. The Labute approximate surface area is 178 Å². The number of benzene rings is 1. The molecule has 3 rings (SSSR count). The van der Waals surface area contributed by atoms with Gasteiger partial charge in [0.2, 0.25) is 0 Å². The van der Waals surface area contributed by atoms with Gasteiger partial charge in [0.15, 0.2) is 11.5 Å². The minimum atomic E-state index is -3.87. The fourth-order valence-corrected chi connectivity index (χ4v) is 4.05. The maximum Gasteiger partial charge on any atom is 0.459 e. The molecule has 31 heavy (non-hydrogen) atoms. The van der Waals surface area contributed by atoms with Crippen LogP contribution in [-0.2, 0) is 25.2 Å². The van der Waals surface area contributed by atoms with Gasteiger partial charge in [-0.3, -0.25) is 9.32 Å². The molecule has 11 nitrogen and oxygen atoms in total. The maximum atomic E-state index is 13.2. The van der Waals surface area contributed by atoms with E-state index >= 15 is 0 Å². The number of allylic oxidation sites excluding steroid dienone is 1. The molecular formula is C19H23N6O5P. The highest BCUT2D eigenvalue weighted by Gasteiger charge is 2.31. The van der Waals surface area contributed by atoms with Gasteiger partial charge in [-0.2, -0.15) is 5.09 Å². The molecule has 0 amide bonds. The summed E-state index contributed by atoms with van der Waals surface area (Å²) in [6, 6.07) is 7.63. The Morgan fingerprint density at radius 1 is 1.26 bits per heavy atom. The van der Waals surface area contributed by atoms with Gasteiger partial charge in [-0.05, 0) is 19.1 Å². The Bertz CT molecular complexity index is 1100. The molecular weight excluding hydrogens is 423 g/mol. The van der Waals surface area contributed by atoms with Crippen LogP contribution in [0.15, 0.2) is 55.1 Å². The molecule has 0 spiro atoms. The molecule has 0 aliphatic carbocycles. The number of nitrogen functional groups attached to an aromatic ring is 1. The van der Waals surface area contributed by atoms with E-state index in [2.05, 4.69) is 24.8 Å². The molecule has 0 saturated heterocycles. The van der Waals surface area contributed by atoms with Crippen LogP contribution in [0.1, 0.15) is 6.92 Å². The number of nitrogens with two attached hydrogens (primary N) is 1. The number of methoxy groups -OCH3 is 1. The number of aromatic nitrogens is 4. The molecule has 1 aromatic carbocycles. The minimum Gasteiger partial charge on any atom is -0.468 e. The summed E-state index contributed by atoms with van der Waals surface area (Å²) in [6.45, 7) is 1.91. The highest BCUT2D eigenvalue weighted by Crippen LogP contribution is 2.44. The van der Waals surface area contributed by atoms with E-state index in [0.29, 0.717) is 29.3 Å². The molecule has 2 atom stereocenters. The average Bonchev–Trinajstić information content (AvgIpc) is 3.18. The van der Waals surface area contributed by atoms with E-state index in [-0.39, 0.29) is 6.61 Å². The van der Waals surface area contributed by atoms with E-state index in [4.69, 9.17) is 14.8 Å². The summed E-state index contributed by atoms with van der Waals surface area (Å²) >= 11 is 0. The van der Waals surface area contributed by atoms with Crippen LogP contribution in [-0.4, -0.2) is 45.2 Å². The number of nitrogens with zero attached hydrogens (tertiary/aromatic N) is 4. The normalized spacial score (nSPS) is 14.4. The van der Waals surface area contributed by atoms with E-state index < -0.39 is 19.8 Å². The summed E-state index contributed by atoms with van der Waals surface area (Å²) in [6.07, 6.45) is 6.43. The SMILES string of the molecule is COC(=O)C(C)NP(=O)(OC/C=C\Cn1cnc2c(N)ncnc21)Oc1ccccc1. The van der Waals surface area contributed by atoms with Crippen molar-refractivity contribution in [2.45, 2.75) is 19.5 Å². The minimum absolute atomic E-state index is 0.0330. The van der Waals surface area contributed by atoms with Gasteiger partial charge in [0.1, 0.15) is 23.6 Å². The van der Waals surface area contributed by atoms with E-state index in [1.165, 1.54) is 20.4 Å². The van der Waals surface area contributed by atoms with E-state index in [1.54, 1.807) is 53.4 Å². The molecule has 3 aromatic rings.